The summed E-state index contributed by atoms with van der Waals surface area (Å²) in [7, 11) is 0. The number of nitrogens with one attached hydrogen (secondary N) is 1. The van der Waals surface area contributed by atoms with Gasteiger partial charge in [-0.15, -0.1) is 11.3 Å². The standard InChI is InChI=1S/C28H23BrN2O4S/c1-16(29)28(33)30-21-10-9-18(27-25(21)20-5-2-3-8-23(20)36-27)17-6-4-7-19-22(32)15-24(35-26(17)19)31-11-13-34-14-12-31/h2-10,15-16H,11-14H2,1H3,(H,30,33). The van der Waals surface area contributed by atoms with Crippen LogP contribution in [-0.4, -0.2) is 37.0 Å². The van der Waals surface area contributed by atoms with Crippen LogP contribution in [0.25, 0.3) is 42.3 Å². The Kier molecular flexibility index (Phi) is 6.03. The van der Waals surface area contributed by atoms with Crippen molar-refractivity contribution in [1.82, 2.24) is 0 Å². The zero-order chi connectivity index (χ0) is 24.8. The van der Waals surface area contributed by atoms with Crippen LogP contribution in [0.5, 0.6) is 0 Å². The lowest BCUT2D eigenvalue weighted by molar-refractivity contribution is -0.115. The molecule has 1 fully saturated rings. The zero-order valence-electron chi connectivity index (χ0n) is 19.5. The highest BCUT2D eigenvalue weighted by Gasteiger charge is 2.21. The van der Waals surface area contributed by atoms with Crippen molar-refractivity contribution in [2.24, 2.45) is 0 Å². The van der Waals surface area contributed by atoms with Crippen LogP contribution in [0.2, 0.25) is 0 Å². The third-order valence-electron chi connectivity index (χ3n) is 6.50. The maximum atomic E-state index is 13.1. The number of morpholine rings is 1. The molecule has 1 saturated heterocycles. The van der Waals surface area contributed by atoms with Crippen molar-refractivity contribution in [3.63, 3.8) is 0 Å². The monoisotopic (exact) mass is 562 g/mol. The van der Waals surface area contributed by atoms with Crippen molar-refractivity contribution in [2.45, 2.75) is 11.8 Å². The van der Waals surface area contributed by atoms with Crippen LogP contribution < -0.4 is 15.6 Å². The van der Waals surface area contributed by atoms with Gasteiger partial charge in [-0.2, -0.15) is 0 Å². The second-order valence-corrected chi connectivity index (χ2v) is 11.2. The van der Waals surface area contributed by atoms with Gasteiger partial charge in [0.1, 0.15) is 5.58 Å². The van der Waals surface area contributed by atoms with Crippen molar-refractivity contribution < 1.29 is 13.9 Å². The lowest BCUT2D eigenvalue weighted by atomic mass is 9.99. The van der Waals surface area contributed by atoms with E-state index in [2.05, 4.69) is 38.3 Å². The molecule has 6 rings (SSSR count). The van der Waals surface area contributed by atoms with Crippen LogP contribution >= 0.6 is 27.3 Å². The van der Waals surface area contributed by atoms with Gasteiger partial charge in [0.15, 0.2) is 11.3 Å². The molecule has 6 nitrogen and oxygen atoms in total. The minimum absolute atomic E-state index is 0.0673. The minimum atomic E-state index is -0.317. The molecule has 3 heterocycles. The molecular weight excluding hydrogens is 540 g/mol. The van der Waals surface area contributed by atoms with E-state index in [-0.39, 0.29) is 16.2 Å². The highest BCUT2D eigenvalue weighted by molar-refractivity contribution is 9.10. The van der Waals surface area contributed by atoms with Gasteiger partial charge in [0.05, 0.1) is 29.1 Å². The summed E-state index contributed by atoms with van der Waals surface area (Å²) in [5, 5.41) is 5.68. The summed E-state index contributed by atoms with van der Waals surface area (Å²) in [6, 6.07) is 19.4. The number of halogens is 1. The molecule has 1 unspecified atom stereocenters. The quantitative estimate of drug-likeness (QED) is 0.257. The normalized spacial score (nSPS) is 15.0. The molecule has 8 heteroatoms. The molecule has 1 amide bonds. The number of carbonyl (C=O) groups excluding carboxylic acids is 1. The first kappa shape index (κ1) is 23.2. The van der Waals surface area contributed by atoms with Crippen molar-refractivity contribution >= 4 is 75.9 Å². The number of amides is 1. The van der Waals surface area contributed by atoms with Crippen molar-refractivity contribution in [2.75, 3.05) is 36.5 Å². The Labute approximate surface area is 219 Å². The molecular formula is C28H23BrN2O4S. The number of ether oxygens (including phenoxy) is 1. The van der Waals surface area contributed by atoms with Gasteiger partial charge in [-0.1, -0.05) is 52.3 Å². The summed E-state index contributed by atoms with van der Waals surface area (Å²) in [4.78, 5) is 27.4. The topological polar surface area (TPSA) is 71.8 Å². The van der Waals surface area contributed by atoms with Gasteiger partial charge in [-0.05, 0) is 25.1 Å². The summed E-state index contributed by atoms with van der Waals surface area (Å²) < 4.78 is 14.0. The van der Waals surface area contributed by atoms with E-state index in [1.807, 2.05) is 42.5 Å². The number of alkyl halides is 1. The molecule has 1 aliphatic rings. The Balaban J connectivity index is 1.60. The molecule has 1 N–H and O–H groups in total. The number of hydrogen-bond acceptors (Lipinski definition) is 6. The highest BCUT2D eigenvalue weighted by atomic mass is 79.9. The molecule has 0 spiro atoms. The predicted octanol–water partition coefficient (Wildman–Crippen LogP) is 6.39. The van der Waals surface area contributed by atoms with Gasteiger partial charge in [0.25, 0.3) is 0 Å². The number of anilines is 2. The van der Waals surface area contributed by atoms with E-state index < -0.39 is 0 Å². The lowest BCUT2D eigenvalue weighted by Gasteiger charge is -2.27. The van der Waals surface area contributed by atoms with E-state index in [4.69, 9.17) is 9.15 Å². The maximum Gasteiger partial charge on any atom is 0.237 e. The SMILES string of the molecule is CC(Br)C(=O)Nc1ccc(-c2cccc3c(=O)cc(N4CCOCC4)oc23)c2sc3ccccc3c12. The van der Waals surface area contributed by atoms with Crippen LogP contribution in [0.4, 0.5) is 11.6 Å². The van der Waals surface area contributed by atoms with E-state index in [0.29, 0.717) is 43.2 Å². The second kappa shape index (κ2) is 9.35. The van der Waals surface area contributed by atoms with Crippen LogP contribution in [0.15, 0.2) is 69.9 Å². The fourth-order valence-electron chi connectivity index (χ4n) is 4.69. The van der Waals surface area contributed by atoms with Crippen LogP contribution in [0, 0.1) is 0 Å². The van der Waals surface area contributed by atoms with E-state index in [1.165, 1.54) is 0 Å². The fourth-order valence-corrected chi connectivity index (χ4v) is 6.06. The number of benzene rings is 3. The third-order valence-corrected chi connectivity index (χ3v) is 8.12. The van der Waals surface area contributed by atoms with Gasteiger partial charge in [-0.3, -0.25) is 9.59 Å². The fraction of sp³-hybridized carbons (Fsp3) is 0.214. The predicted molar refractivity (Wildman–Crippen MR) is 151 cm³/mol. The lowest BCUT2D eigenvalue weighted by Crippen LogP contribution is -2.36. The van der Waals surface area contributed by atoms with Gasteiger partial charge in [0, 0.05) is 50.5 Å². The summed E-state index contributed by atoms with van der Waals surface area (Å²) in [5.41, 5.74) is 3.07. The molecule has 182 valence electrons. The molecule has 1 atom stereocenters. The van der Waals surface area contributed by atoms with Crippen molar-refractivity contribution in [3.05, 3.63) is 70.9 Å². The Morgan fingerprint density at radius 3 is 2.61 bits per heavy atom. The Morgan fingerprint density at radius 2 is 1.81 bits per heavy atom. The molecule has 3 aromatic carbocycles. The van der Waals surface area contributed by atoms with E-state index in [0.717, 1.165) is 37.0 Å². The smallest absolute Gasteiger partial charge is 0.237 e. The molecule has 5 aromatic rings. The first-order chi connectivity index (χ1) is 17.5. The molecule has 36 heavy (non-hydrogen) atoms. The second-order valence-electron chi connectivity index (χ2n) is 8.80. The number of carbonyl (C=O) groups is 1. The molecule has 0 aliphatic carbocycles. The average Bonchev–Trinajstić information content (AvgIpc) is 3.29. The van der Waals surface area contributed by atoms with Gasteiger partial charge < -0.3 is 19.4 Å². The van der Waals surface area contributed by atoms with Crippen molar-refractivity contribution in [1.29, 1.82) is 0 Å². The number of fused-ring (bicyclic) bond motifs is 4. The molecule has 1 aliphatic heterocycles. The van der Waals surface area contributed by atoms with Gasteiger partial charge in [0.2, 0.25) is 5.91 Å². The van der Waals surface area contributed by atoms with E-state index in [1.54, 1.807) is 24.3 Å². The summed E-state index contributed by atoms with van der Waals surface area (Å²) in [6.07, 6.45) is 0. The molecule has 2 aromatic heterocycles. The minimum Gasteiger partial charge on any atom is -0.440 e. The average molecular weight is 563 g/mol. The Hall–Kier alpha value is -3.20. The number of thiophene rings is 1. The molecule has 0 bridgehead atoms. The van der Waals surface area contributed by atoms with Crippen LogP contribution in [0.1, 0.15) is 6.92 Å². The van der Waals surface area contributed by atoms with Crippen LogP contribution in [-0.2, 0) is 9.53 Å². The third kappa shape index (κ3) is 3.99. The van der Waals surface area contributed by atoms with Crippen LogP contribution in [0.3, 0.4) is 0 Å². The van der Waals surface area contributed by atoms with Gasteiger partial charge in [-0.25, -0.2) is 0 Å². The first-order valence-electron chi connectivity index (χ1n) is 11.8. The molecule has 0 saturated carbocycles. The maximum absolute atomic E-state index is 13.1. The number of rotatable bonds is 4. The Morgan fingerprint density at radius 1 is 1.03 bits per heavy atom. The number of nitrogens with zero attached hydrogens (tertiary/aromatic N) is 1. The van der Waals surface area contributed by atoms with E-state index >= 15 is 0 Å². The highest BCUT2D eigenvalue weighted by Crippen LogP contribution is 2.45. The van der Waals surface area contributed by atoms with Crippen molar-refractivity contribution in [3.8, 4) is 11.1 Å². The molecule has 0 radical (unpaired) electrons. The Bertz CT molecular complexity index is 1680. The van der Waals surface area contributed by atoms with E-state index in [9.17, 15) is 9.59 Å². The number of para-hydroxylation sites is 1. The zero-order valence-corrected chi connectivity index (χ0v) is 21.9. The summed E-state index contributed by atoms with van der Waals surface area (Å²) in [6.45, 7) is 4.37. The first-order valence-corrected chi connectivity index (χ1v) is 13.5. The summed E-state index contributed by atoms with van der Waals surface area (Å²) >= 11 is 5.03. The number of hydrogen-bond donors (Lipinski definition) is 1. The largest absolute Gasteiger partial charge is 0.440 e. The van der Waals surface area contributed by atoms with Gasteiger partial charge >= 0.3 is 0 Å². The summed E-state index contributed by atoms with van der Waals surface area (Å²) in [5.74, 6) is 0.455.